The number of fused-ring (bicyclic) bond motifs is 1. The van der Waals surface area contributed by atoms with Crippen LogP contribution >= 0.6 is 0 Å². The van der Waals surface area contributed by atoms with Gasteiger partial charge in [-0.3, -0.25) is 4.79 Å². The Morgan fingerprint density at radius 1 is 1.07 bits per heavy atom. The first-order chi connectivity index (χ1) is 13.1. The van der Waals surface area contributed by atoms with Crippen LogP contribution in [0.25, 0.3) is 5.57 Å². The molecule has 6 heteroatoms. The van der Waals surface area contributed by atoms with Crippen LogP contribution in [0.5, 0.6) is 17.2 Å². The Balaban J connectivity index is 1.74. The number of benzene rings is 2. The molecule has 0 spiro atoms. The zero-order valence-electron chi connectivity index (χ0n) is 15.1. The number of carbonyl (C=O) groups excluding carboxylic acids is 1. The molecule has 1 aliphatic carbocycles. The van der Waals surface area contributed by atoms with Gasteiger partial charge in [-0.15, -0.1) is 0 Å². The molecule has 4 rings (SSSR count). The largest absolute Gasteiger partial charge is 0.507 e. The molecule has 2 aromatic carbocycles. The lowest BCUT2D eigenvalue weighted by Crippen LogP contribution is -2.31. The number of ether oxygens (including phenoxy) is 2. The van der Waals surface area contributed by atoms with Crippen LogP contribution in [0, 0.1) is 5.92 Å². The van der Waals surface area contributed by atoms with Crippen LogP contribution in [0.2, 0.25) is 0 Å². The quantitative estimate of drug-likeness (QED) is 0.874. The fourth-order valence-electron chi connectivity index (χ4n) is 3.76. The van der Waals surface area contributed by atoms with E-state index in [9.17, 15) is 9.90 Å². The zero-order valence-corrected chi connectivity index (χ0v) is 15.1. The Kier molecular flexibility index (Phi) is 4.32. The average Bonchev–Trinajstić information content (AvgIpc) is 3.08. The zero-order chi connectivity index (χ0) is 19.0. The molecule has 0 bridgehead atoms. The number of nitrogens with one attached hydrogen (secondary N) is 1. The SMILES string of the molecule is COc1ccc(C2CC(c3ccc(OC)cc3O)=CC3=NNC(=O)C32)cc1. The molecule has 0 radical (unpaired) electrons. The first-order valence-electron chi connectivity index (χ1n) is 8.70. The van der Waals surface area contributed by atoms with Gasteiger partial charge in [0, 0.05) is 17.5 Å². The maximum atomic E-state index is 12.4. The van der Waals surface area contributed by atoms with E-state index in [-0.39, 0.29) is 23.5 Å². The van der Waals surface area contributed by atoms with Gasteiger partial charge in [-0.1, -0.05) is 12.1 Å². The molecule has 27 heavy (non-hydrogen) atoms. The van der Waals surface area contributed by atoms with Gasteiger partial charge >= 0.3 is 0 Å². The molecule has 0 fully saturated rings. The van der Waals surface area contributed by atoms with Crippen LogP contribution in [0.3, 0.4) is 0 Å². The molecule has 0 saturated heterocycles. The number of hydrogen-bond acceptors (Lipinski definition) is 5. The summed E-state index contributed by atoms with van der Waals surface area (Å²) in [5, 5.41) is 14.6. The van der Waals surface area contributed by atoms with Crippen molar-refractivity contribution in [2.45, 2.75) is 12.3 Å². The van der Waals surface area contributed by atoms with Gasteiger partial charge in [-0.05, 0) is 47.9 Å². The van der Waals surface area contributed by atoms with Crippen LogP contribution < -0.4 is 14.9 Å². The summed E-state index contributed by atoms with van der Waals surface area (Å²) in [4.78, 5) is 12.4. The summed E-state index contributed by atoms with van der Waals surface area (Å²) >= 11 is 0. The minimum atomic E-state index is -0.331. The molecule has 6 nitrogen and oxygen atoms in total. The second-order valence-corrected chi connectivity index (χ2v) is 6.63. The summed E-state index contributed by atoms with van der Waals surface area (Å²) in [6.45, 7) is 0. The monoisotopic (exact) mass is 364 g/mol. The Hall–Kier alpha value is -3.28. The summed E-state index contributed by atoms with van der Waals surface area (Å²) in [5.41, 5.74) is 5.96. The molecule has 2 unspecified atom stereocenters. The lowest BCUT2D eigenvalue weighted by molar-refractivity contribution is -0.122. The third-order valence-electron chi connectivity index (χ3n) is 5.16. The normalized spacial score (nSPS) is 21.0. The van der Waals surface area contributed by atoms with Gasteiger partial charge in [0.25, 0.3) is 0 Å². The molecule has 2 N–H and O–H groups in total. The molecule has 1 amide bonds. The van der Waals surface area contributed by atoms with Crippen LogP contribution in [-0.2, 0) is 4.79 Å². The molecule has 2 aliphatic rings. The number of methoxy groups -OCH3 is 2. The number of amides is 1. The summed E-state index contributed by atoms with van der Waals surface area (Å²) in [6.07, 6.45) is 2.51. The molecule has 138 valence electrons. The summed E-state index contributed by atoms with van der Waals surface area (Å²) < 4.78 is 10.4. The number of nitrogens with zero attached hydrogens (tertiary/aromatic N) is 1. The minimum Gasteiger partial charge on any atom is -0.507 e. The molecule has 0 saturated carbocycles. The number of phenols is 1. The highest BCUT2D eigenvalue weighted by Gasteiger charge is 2.40. The van der Waals surface area contributed by atoms with E-state index in [2.05, 4.69) is 10.5 Å². The first kappa shape index (κ1) is 17.1. The second-order valence-electron chi connectivity index (χ2n) is 6.63. The van der Waals surface area contributed by atoms with E-state index >= 15 is 0 Å². The fraction of sp³-hybridized carbons (Fsp3) is 0.238. The molecule has 0 aromatic heterocycles. The van der Waals surface area contributed by atoms with Gasteiger partial charge < -0.3 is 14.6 Å². The Labute approximate surface area is 157 Å². The predicted octanol–water partition coefficient (Wildman–Crippen LogP) is 3.08. The predicted molar refractivity (Wildman–Crippen MR) is 102 cm³/mol. The lowest BCUT2D eigenvalue weighted by Gasteiger charge is -2.28. The number of rotatable bonds is 4. The van der Waals surface area contributed by atoms with Gasteiger partial charge in [0.15, 0.2) is 0 Å². The van der Waals surface area contributed by atoms with Gasteiger partial charge in [-0.2, -0.15) is 5.10 Å². The van der Waals surface area contributed by atoms with E-state index in [1.165, 1.54) is 0 Å². The van der Waals surface area contributed by atoms with Crippen molar-refractivity contribution < 1.29 is 19.4 Å². The molecular weight excluding hydrogens is 344 g/mol. The molecule has 2 aromatic rings. The van der Waals surface area contributed by atoms with Crippen LogP contribution in [0.15, 0.2) is 53.6 Å². The average molecular weight is 364 g/mol. The maximum Gasteiger partial charge on any atom is 0.249 e. The summed E-state index contributed by atoms with van der Waals surface area (Å²) in [6, 6.07) is 13.0. The van der Waals surface area contributed by atoms with E-state index in [1.54, 1.807) is 20.3 Å². The maximum absolute atomic E-state index is 12.4. The van der Waals surface area contributed by atoms with Gasteiger partial charge in [0.2, 0.25) is 5.91 Å². The third-order valence-corrected chi connectivity index (χ3v) is 5.16. The van der Waals surface area contributed by atoms with E-state index in [4.69, 9.17) is 9.47 Å². The Morgan fingerprint density at radius 3 is 2.44 bits per heavy atom. The highest BCUT2D eigenvalue weighted by molar-refractivity contribution is 6.17. The van der Waals surface area contributed by atoms with Crippen molar-refractivity contribution in [1.29, 1.82) is 0 Å². The Morgan fingerprint density at radius 2 is 1.78 bits per heavy atom. The number of aromatic hydroxyl groups is 1. The van der Waals surface area contributed by atoms with E-state index < -0.39 is 0 Å². The number of hydrogen-bond donors (Lipinski definition) is 2. The van der Waals surface area contributed by atoms with Crippen LogP contribution in [0.4, 0.5) is 0 Å². The topological polar surface area (TPSA) is 80.2 Å². The highest BCUT2D eigenvalue weighted by Crippen LogP contribution is 2.44. The van der Waals surface area contributed by atoms with Crippen molar-refractivity contribution in [2.24, 2.45) is 11.0 Å². The number of carbonyl (C=O) groups is 1. The Bertz CT molecular complexity index is 947. The summed E-state index contributed by atoms with van der Waals surface area (Å²) in [7, 11) is 3.18. The number of allylic oxidation sites excluding steroid dienone is 2. The summed E-state index contributed by atoms with van der Waals surface area (Å²) in [5.74, 6) is 1.00. The van der Waals surface area contributed by atoms with Crippen LogP contribution in [-0.4, -0.2) is 30.9 Å². The van der Waals surface area contributed by atoms with E-state index in [0.29, 0.717) is 17.9 Å². The first-order valence-corrected chi connectivity index (χ1v) is 8.70. The van der Waals surface area contributed by atoms with Crippen LogP contribution in [0.1, 0.15) is 23.5 Å². The molecule has 1 aliphatic heterocycles. The van der Waals surface area contributed by atoms with Gasteiger partial charge in [0.1, 0.15) is 17.2 Å². The molecule has 1 heterocycles. The van der Waals surface area contributed by atoms with Crippen molar-refractivity contribution in [2.75, 3.05) is 14.2 Å². The number of phenolic OH excluding ortho intramolecular Hbond substituents is 1. The molecular formula is C21H20N2O4. The van der Waals surface area contributed by atoms with E-state index in [0.717, 1.165) is 22.4 Å². The highest BCUT2D eigenvalue weighted by atomic mass is 16.5. The fourth-order valence-corrected chi connectivity index (χ4v) is 3.76. The van der Waals surface area contributed by atoms with Crippen molar-refractivity contribution in [1.82, 2.24) is 5.43 Å². The minimum absolute atomic E-state index is 0.0707. The standard InChI is InChI=1S/C21H20N2O4/c1-26-14-5-3-12(4-6-14)17-9-13(10-18-20(17)21(25)23-22-18)16-8-7-15(27-2)11-19(16)24/h3-8,10-11,17,20,24H,9H2,1-2H3,(H,23,25). The lowest BCUT2D eigenvalue weighted by atomic mass is 9.73. The van der Waals surface area contributed by atoms with Crippen molar-refractivity contribution in [3.05, 3.63) is 59.7 Å². The van der Waals surface area contributed by atoms with Crippen molar-refractivity contribution in [3.8, 4) is 17.2 Å². The smallest absolute Gasteiger partial charge is 0.249 e. The van der Waals surface area contributed by atoms with E-state index in [1.807, 2.05) is 42.5 Å². The van der Waals surface area contributed by atoms with Crippen molar-refractivity contribution in [3.63, 3.8) is 0 Å². The third kappa shape index (κ3) is 3.03. The second kappa shape index (κ2) is 6.79. The van der Waals surface area contributed by atoms with Gasteiger partial charge in [-0.25, -0.2) is 5.43 Å². The molecule has 2 atom stereocenters. The number of hydrazone groups is 1. The van der Waals surface area contributed by atoms with Crippen molar-refractivity contribution >= 4 is 17.2 Å². The van der Waals surface area contributed by atoms with Gasteiger partial charge in [0.05, 0.1) is 25.8 Å².